The predicted octanol–water partition coefficient (Wildman–Crippen LogP) is 3.54. The second-order valence-electron chi connectivity index (χ2n) is 6.27. The molecule has 3 aromatic rings. The van der Waals surface area contributed by atoms with Crippen LogP contribution in [0.25, 0.3) is 11.4 Å². The van der Waals surface area contributed by atoms with Crippen molar-refractivity contribution in [1.29, 1.82) is 0 Å². The zero-order chi connectivity index (χ0) is 18.1. The van der Waals surface area contributed by atoms with Gasteiger partial charge in [-0.1, -0.05) is 23.7 Å². The number of nitrogens with one attached hydrogen (secondary N) is 2. The minimum Gasteiger partial charge on any atom is -0.345 e. The molecule has 1 atom stereocenters. The molecule has 2 N–H and O–H groups in total. The van der Waals surface area contributed by atoms with Gasteiger partial charge in [0.1, 0.15) is 5.82 Å². The summed E-state index contributed by atoms with van der Waals surface area (Å²) in [6.07, 6.45) is 2.08. The van der Waals surface area contributed by atoms with Gasteiger partial charge in [-0.2, -0.15) is 5.21 Å². The molecule has 2 aromatic carbocycles. The quantitative estimate of drug-likeness (QED) is 0.718. The molecule has 1 aliphatic carbocycles. The molecule has 0 saturated heterocycles. The molecule has 1 fully saturated rings. The van der Waals surface area contributed by atoms with E-state index in [9.17, 15) is 9.18 Å². The molecule has 8 heteroatoms. The summed E-state index contributed by atoms with van der Waals surface area (Å²) in [5.41, 5.74) is 1.87. The molecular formula is C18H15ClFN5O. The SMILES string of the molecule is O=C(NC(c1ccc(F)cc1)C1CC1)c1ccc(Cl)c(-c2nn[nH]n2)c1. The summed E-state index contributed by atoms with van der Waals surface area (Å²) in [5, 5.41) is 17.2. The van der Waals surface area contributed by atoms with Gasteiger partial charge in [0, 0.05) is 11.1 Å². The van der Waals surface area contributed by atoms with Crippen LogP contribution in [0, 0.1) is 11.7 Å². The maximum atomic E-state index is 13.2. The zero-order valence-electron chi connectivity index (χ0n) is 13.6. The van der Waals surface area contributed by atoms with E-state index >= 15 is 0 Å². The van der Waals surface area contributed by atoms with Crippen LogP contribution in [-0.2, 0) is 0 Å². The first kappa shape index (κ1) is 16.7. The van der Waals surface area contributed by atoms with E-state index in [2.05, 4.69) is 25.9 Å². The van der Waals surface area contributed by atoms with Crippen LogP contribution in [-0.4, -0.2) is 26.5 Å². The van der Waals surface area contributed by atoms with Crippen LogP contribution >= 0.6 is 11.6 Å². The van der Waals surface area contributed by atoms with Gasteiger partial charge in [0.25, 0.3) is 5.91 Å². The summed E-state index contributed by atoms with van der Waals surface area (Å²) in [6, 6.07) is 11.0. The van der Waals surface area contributed by atoms with Gasteiger partial charge in [0.2, 0.25) is 5.82 Å². The van der Waals surface area contributed by atoms with E-state index in [1.807, 2.05) is 0 Å². The molecule has 26 heavy (non-hydrogen) atoms. The highest BCUT2D eigenvalue weighted by molar-refractivity contribution is 6.33. The number of aromatic amines is 1. The Balaban J connectivity index is 1.59. The first-order valence-corrected chi connectivity index (χ1v) is 8.59. The lowest BCUT2D eigenvalue weighted by molar-refractivity contribution is 0.0931. The monoisotopic (exact) mass is 371 g/mol. The van der Waals surface area contributed by atoms with Gasteiger partial charge < -0.3 is 5.32 Å². The van der Waals surface area contributed by atoms with Crippen molar-refractivity contribution in [3.8, 4) is 11.4 Å². The van der Waals surface area contributed by atoms with E-state index in [4.69, 9.17) is 11.6 Å². The molecule has 1 aliphatic rings. The molecule has 1 saturated carbocycles. The third-order valence-corrected chi connectivity index (χ3v) is 4.75. The second-order valence-corrected chi connectivity index (χ2v) is 6.68. The van der Waals surface area contributed by atoms with Gasteiger partial charge in [-0.15, -0.1) is 10.2 Å². The number of tetrazole rings is 1. The lowest BCUT2D eigenvalue weighted by Crippen LogP contribution is -2.29. The van der Waals surface area contributed by atoms with Crippen molar-refractivity contribution in [2.24, 2.45) is 5.92 Å². The average molecular weight is 372 g/mol. The number of aromatic nitrogens is 4. The number of nitrogens with zero attached hydrogens (tertiary/aromatic N) is 3. The summed E-state index contributed by atoms with van der Waals surface area (Å²) >= 11 is 6.18. The van der Waals surface area contributed by atoms with Crippen molar-refractivity contribution in [2.45, 2.75) is 18.9 Å². The molecule has 6 nitrogen and oxygen atoms in total. The first-order valence-electron chi connectivity index (χ1n) is 8.21. The molecule has 1 amide bonds. The summed E-state index contributed by atoms with van der Waals surface area (Å²) in [6.45, 7) is 0. The Morgan fingerprint density at radius 2 is 2.00 bits per heavy atom. The number of hydrogen-bond acceptors (Lipinski definition) is 4. The predicted molar refractivity (Wildman–Crippen MR) is 94.0 cm³/mol. The van der Waals surface area contributed by atoms with Crippen LogP contribution in [0.1, 0.15) is 34.8 Å². The van der Waals surface area contributed by atoms with Gasteiger partial charge in [-0.05, 0) is 59.9 Å². The smallest absolute Gasteiger partial charge is 0.251 e. The topological polar surface area (TPSA) is 83.6 Å². The average Bonchev–Trinajstić information content (AvgIpc) is 3.34. The maximum absolute atomic E-state index is 13.2. The Labute approximate surface area is 153 Å². The van der Waals surface area contributed by atoms with Gasteiger partial charge in [-0.3, -0.25) is 4.79 Å². The highest BCUT2D eigenvalue weighted by Gasteiger charge is 2.33. The fraction of sp³-hybridized carbons (Fsp3) is 0.222. The fourth-order valence-electron chi connectivity index (χ4n) is 2.91. The minimum absolute atomic E-state index is 0.146. The molecule has 1 unspecified atom stereocenters. The highest BCUT2D eigenvalue weighted by atomic mass is 35.5. The van der Waals surface area contributed by atoms with Crippen LogP contribution in [0.2, 0.25) is 5.02 Å². The lowest BCUT2D eigenvalue weighted by Gasteiger charge is -2.19. The number of halogens is 2. The normalized spacial score (nSPS) is 14.8. The van der Waals surface area contributed by atoms with Gasteiger partial charge in [-0.25, -0.2) is 4.39 Å². The lowest BCUT2D eigenvalue weighted by atomic mass is 10.0. The van der Waals surface area contributed by atoms with Gasteiger partial charge >= 0.3 is 0 Å². The maximum Gasteiger partial charge on any atom is 0.251 e. The number of H-pyrrole nitrogens is 1. The minimum atomic E-state index is -0.294. The largest absolute Gasteiger partial charge is 0.345 e. The number of carbonyl (C=O) groups excluding carboxylic acids is 1. The van der Waals surface area contributed by atoms with E-state index in [1.54, 1.807) is 30.3 Å². The summed E-state index contributed by atoms with van der Waals surface area (Å²) in [4.78, 5) is 12.8. The molecule has 0 spiro atoms. The summed E-state index contributed by atoms with van der Waals surface area (Å²) < 4.78 is 13.2. The van der Waals surface area contributed by atoms with Crippen molar-refractivity contribution < 1.29 is 9.18 Å². The van der Waals surface area contributed by atoms with Gasteiger partial charge in [0.05, 0.1) is 11.1 Å². The molecule has 0 aliphatic heterocycles. The Morgan fingerprint density at radius 3 is 2.65 bits per heavy atom. The Bertz CT molecular complexity index is 925. The van der Waals surface area contributed by atoms with Crippen LogP contribution in [0.3, 0.4) is 0 Å². The molecule has 0 bridgehead atoms. The summed E-state index contributed by atoms with van der Waals surface area (Å²) in [7, 11) is 0. The van der Waals surface area contributed by atoms with Crippen molar-refractivity contribution >= 4 is 17.5 Å². The van der Waals surface area contributed by atoms with Crippen LogP contribution in [0.4, 0.5) is 4.39 Å². The Hall–Kier alpha value is -2.80. The van der Waals surface area contributed by atoms with E-state index < -0.39 is 0 Å². The fourth-order valence-corrected chi connectivity index (χ4v) is 3.11. The standard InChI is InChI=1S/C18H15ClFN5O/c19-15-8-5-12(9-14(15)17-22-24-25-23-17)18(26)21-16(10-1-2-10)11-3-6-13(20)7-4-11/h3-10,16H,1-2H2,(H,21,26)(H,22,23,24,25). The molecular weight excluding hydrogens is 357 g/mol. The van der Waals surface area contributed by atoms with E-state index in [0.717, 1.165) is 18.4 Å². The number of carbonyl (C=O) groups is 1. The molecule has 0 radical (unpaired) electrons. The van der Waals surface area contributed by atoms with Crippen LogP contribution in [0.5, 0.6) is 0 Å². The van der Waals surface area contributed by atoms with Crippen molar-refractivity contribution in [2.75, 3.05) is 0 Å². The van der Waals surface area contributed by atoms with E-state index in [1.165, 1.54) is 12.1 Å². The van der Waals surface area contributed by atoms with Crippen LogP contribution in [0.15, 0.2) is 42.5 Å². The number of amides is 1. The van der Waals surface area contributed by atoms with E-state index in [-0.39, 0.29) is 17.8 Å². The number of rotatable bonds is 5. The molecule has 132 valence electrons. The molecule has 1 heterocycles. The Morgan fingerprint density at radius 1 is 1.23 bits per heavy atom. The van der Waals surface area contributed by atoms with Crippen LogP contribution < -0.4 is 5.32 Å². The Kier molecular flexibility index (Phi) is 4.38. The summed E-state index contributed by atoms with van der Waals surface area (Å²) in [5.74, 6) is 0.167. The zero-order valence-corrected chi connectivity index (χ0v) is 14.4. The van der Waals surface area contributed by atoms with Gasteiger partial charge in [0.15, 0.2) is 0 Å². The third-order valence-electron chi connectivity index (χ3n) is 4.42. The number of hydrogen-bond donors (Lipinski definition) is 2. The third kappa shape index (κ3) is 3.43. The number of benzene rings is 2. The molecule has 4 rings (SSSR count). The van der Waals surface area contributed by atoms with Crippen molar-refractivity contribution in [3.05, 3.63) is 64.4 Å². The first-order chi connectivity index (χ1) is 12.6. The van der Waals surface area contributed by atoms with E-state index in [0.29, 0.717) is 27.9 Å². The van der Waals surface area contributed by atoms with Crippen molar-refractivity contribution in [1.82, 2.24) is 25.9 Å². The van der Waals surface area contributed by atoms with Crippen molar-refractivity contribution in [3.63, 3.8) is 0 Å². The molecule has 1 aromatic heterocycles. The highest BCUT2D eigenvalue weighted by Crippen LogP contribution is 2.41. The second kappa shape index (κ2) is 6.84.